The molecule has 27 heavy (non-hydrogen) atoms. The van der Waals surface area contributed by atoms with E-state index in [4.69, 9.17) is 9.15 Å². The summed E-state index contributed by atoms with van der Waals surface area (Å²) in [6.45, 7) is 2.12. The smallest absolute Gasteiger partial charge is 0.246 e. The van der Waals surface area contributed by atoms with E-state index in [1.54, 1.807) is 30.3 Å². The zero-order valence-electron chi connectivity index (χ0n) is 15.3. The van der Waals surface area contributed by atoms with Gasteiger partial charge in [0.25, 0.3) is 0 Å². The molecule has 3 rings (SSSR count). The molecule has 0 unspecified atom stereocenters. The highest BCUT2D eigenvalue weighted by Crippen LogP contribution is 2.31. The van der Waals surface area contributed by atoms with E-state index in [1.165, 1.54) is 17.7 Å². The fourth-order valence-electron chi connectivity index (χ4n) is 3.27. The second-order valence-electron chi connectivity index (χ2n) is 6.64. The van der Waals surface area contributed by atoms with Crippen molar-refractivity contribution in [2.24, 2.45) is 0 Å². The normalized spacial score (nSPS) is 17.1. The first-order chi connectivity index (χ1) is 12.7. The predicted octanol–water partition coefficient (Wildman–Crippen LogP) is 2.36. The number of hydrogen-bond donors (Lipinski definition) is 0. The van der Waals surface area contributed by atoms with Crippen molar-refractivity contribution in [2.75, 3.05) is 20.2 Å². The number of methoxy groups -OCH3 is 1. The topological polar surface area (TPSA) is 93.9 Å². The van der Waals surface area contributed by atoms with Crippen LogP contribution in [0.3, 0.4) is 0 Å². The van der Waals surface area contributed by atoms with Crippen LogP contribution in [0.2, 0.25) is 0 Å². The van der Waals surface area contributed by atoms with Gasteiger partial charge in [0.15, 0.2) is 9.84 Å². The number of sulfonamides is 1. The zero-order chi connectivity index (χ0) is 19.7. The van der Waals surface area contributed by atoms with E-state index in [2.05, 4.69) is 0 Å². The van der Waals surface area contributed by atoms with Crippen molar-refractivity contribution in [1.29, 1.82) is 0 Å². The molecule has 1 fully saturated rings. The summed E-state index contributed by atoms with van der Waals surface area (Å²) in [7, 11) is -5.72. The van der Waals surface area contributed by atoms with Crippen molar-refractivity contribution in [3.8, 4) is 5.75 Å². The minimum absolute atomic E-state index is 0.113. The number of sulfone groups is 1. The molecule has 0 aliphatic carbocycles. The van der Waals surface area contributed by atoms with Crippen molar-refractivity contribution in [1.82, 2.24) is 4.31 Å². The van der Waals surface area contributed by atoms with E-state index < -0.39 is 25.1 Å². The highest BCUT2D eigenvalue weighted by Gasteiger charge is 2.36. The zero-order valence-corrected chi connectivity index (χ0v) is 16.9. The molecule has 0 bridgehead atoms. The first-order valence-corrected chi connectivity index (χ1v) is 11.8. The number of piperidine rings is 1. The van der Waals surface area contributed by atoms with Gasteiger partial charge < -0.3 is 9.15 Å². The molecule has 1 saturated heterocycles. The molecule has 9 heteroatoms. The van der Waals surface area contributed by atoms with Crippen LogP contribution in [0, 0.1) is 6.92 Å². The molecule has 0 N–H and O–H groups in total. The lowest BCUT2D eigenvalue weighted by atomic mass is 10.2. The van der Waals surface area contributed by atoms with Crippen molar-refractivity contribution >= 4 is 19.9 Å². The Labute approximate surface area is 159 Å². The lowest BCUT2D eigenvalue weighted by Crippen LogP contribution is -2.42. The summed E-state index contributed by atoms with van der Waals surface area (Å²) in [6.07, 6.45) is 1.96. The van der Waals surface area contributed by atoms with Crippen LogP contribution < -0.4 is 4.74 Å². The van der Waals surface area contributed by atoms with Crippen molar-refractivity contribution in [3.05, 3.63) is 47.9 Å². The van der Waals surface area contributed by atoms with Gasteiger partial charge in [-0.3, -0.25) is 0 Å². The molecule has 0 radical (unpaired) electrons. The molecule has 2 heterocycles. The van der Waals surface area contributed by atoms with Crippen LogP contribution in [0.5, 0.6) is 5.75 Å². The fourth-order valence-corrected chi connectivity index (χ4v) is 6.70. The molecule has 1 aliphatic rings. The van der Waals surface area contributed by atoms with Gasteiger partial charge in [0, 0.05) is 13.1 Å². The van der Waals surface area contributed by atoms with E-state index >= 15 is 0 Å². The summed E-state index contributed by atoms with van der Waals surface area (Å²) >= 11 is 0. The van der Waals surface area contributed by atoms with Gasteiger partial charge in [-0.15, -0.1) is 0 Å². The van der Waals surface area contributed by atoms with Gasteiger partial charge in [-0.2, -0.15) is 4.31 Å². The van der Waals surface area contributed by atoms with Crippen LogP contribution in [-0.2, 0) is 25.6 Å². The number of aryl methyl sites for hydroxylation is 1. The average molecular weight is 414 g/mol. The molecule has 1 aromatic carbocycles. The third-order valence-electron chi connectivity index (χ3n) is 4.77. The number of benzene rings is 1. The average Bonchev–Trinajstić information content (AvgIpc) is 3.14. The number of hydrogen-bond acceptors (Lipinski definition) is 6. The molecule has 1 aliphatic heterocycles. The molecule has 148 valence electrons. The van der Waals surface area contributed by atoms with Crippen LogP contribution in [-0.4, -0.2) is 46.6 Å². The van der Waals surface area contributed by atoms with Crippen LogP contribution in [0.25, 0.3) is 0 Å². The third-order valence-corrected chi connectivity index (χ3v) is 8.86. The largest absolute Gasteiger partial charge is 0.495 e. The Balaban J connectivity index is 1.74. The molecule has 7 nitrogen and oxygen atoms in total. The molecule has 2 aromatic rings. The van der Waals surface area contributed by atoms with Gasteiger partial charge >= 0.3 is 0 Å². The summed E-state index contributed by atoms with van der Waals surface area (Å²) in [5, 5.41) is -0.576. The highest BCUT2D eigenvalue weighted by molar-refractivity contribution is 7.91. The van der Waals surface area contributed by atoms with Gasteiger partial charge in [0.05, 0.1) is 18.6 Å². The lowest BCUT2D eigenvalue weighted by Gasteiger charge is -2.31. The van der Waals surface area contributed by atoms with Gasteiger partial charge in [-0.1, -0.05) is 6.07 Å². The maximum absolute atomic E-state index is 13.0. The second kappa shape index (κ2) is 7.65. The summed E-state index contributed by atoms with van der Waals surface area (Å²) in [6, 6.07) is 8.26. The van der Waals surface area contributed by atoms with Crippen molar-refractivity contribution < 1.29 is 26.0 Å². The predicted molar refractivity (Wildman–Crippen MR) is 101 cm³/mol. The SMILES string of the molecule is COc1ccc(C)cc1S(=O)(=O)N1CCC(S(=O)(=O)Cc2ccco2)CC1. The lowest BCUT2D eigenvalue weighted by molar-refractivity contribution is 0.341. The standard InChI is InChI=1S/C18H23NO6S2/c1-14-5-6-17(24-2)18(12-14)27(22,23)19-9-7-16(8-10-19)26(20,21)13-15-4-3-11-25-15/h3-6,11-12,16H,7-10,13H2,1-2H3. The quantitative estimate of drug-likeness (QED) is 0.722. The molecule has 0 amide bonds. The number of nitrogens with zero attached hydrogens (tertiary/aromatic N) is 1. The Hall–Kier alpha value is -1.84. The first-order valence-electron chi connectivity index (χ1n) is 8.63. The van der Waals surface area contributed by atoms with E-state index in [1.807, 2.05) is 6.92 Å². The fraction of sp³-hybridized carbons (Fsp3) is 0.444. The number of ether oxygens (including phenoxy) is 1. The minimum atomic E-state index is -3.75. The Morgan fingerprint density at radius 1 is 1.15 bits per heavy atom. The molecular weight excluding hydrogens is 390 g/mol. The van der Waals surface area contributed by atoms with Crippen LogP contribution >= 0.6 is 0 Å². The molecule has 1 aromatic heterocycles. The van der Waals surface area contributed by atoms with Crippen LogP contribution in [0.1, 0.15) is 24.2 Å². The molecule has 0 saturated carbocycles. The first kappa shape index (κ1) is 19.9. The third kappa shape index (κ3) is 4.20. The molecule has 0 spiro atoms. The van der Waals surface area contributed by atoms with Gasteiger partial charge in [-0.05, 0) is 49.6 Å². The summed E-state index contributed by atoms with van der Waals surface area (Å²) in [4.78, 5) is 0.113. The summed E-state index contributed by atoms with van der Waals surface area (Å²) in [5.74, 6) is 0.519. The second-order valence-corrected chi connectivity index (χ2v) is 10.8. The molecule has 0 atom stereocenters. The summed E-state index contributed by atoms with van der Waals surface area (Å²) in [5.41, 5.74) is 0.810. The number of furan rings is 1. The summed E-state index contributed by atoms with van der Waals surface area (Å²) < 4.78 is 62.8. The maximum Gasteiger partial charge on any atom is 0.246 e. The molecular formula is C18H23NO6S2. The van der Waals surface area contributed by atoms with Crippen LogP contribution in [0.15, 0.2) is 45.9 Å². The Morgan fingerprint density at radius 2 is 1.85 bits per heavy atom. The van der Waals surface area contributed by atoms with Gasteiger partial charge in [0.1, 0.15) is 22.2 Å². The maximum atomic E-state index is 13.0. The van der Waals surface area contributed by atoms with Crippen LogP contribution in [0.4, 0.5) is 0 Å². The highest BCUT2D eigenvalue weighted by atomic mass is 32.2. The van der Waals surface area contributed by atoms with Crippen molar-refractivity contribution in [3.63, 3.8) is 0 Å². The van der Waals surface area contributed by atoms with E-state index in [0.717, 1.165) is 5.56 Å². The minimum Gasteiger partial charge on any atom is -0.495 e. The van der Waals surface area contributed by atoms with Crippen molar-refractivity contribution in [2.45, 2.75) is 35.7 Å². The Bertz CT molecular complexity index is 988. The number of rotatable bonds is 6. The monoisotopic (exact) mass is 413 g/mol. The Morgan fingerprint density at radius 3 is 2.44 bits per heavy atom. The van der Waals surface area contributed by atoms with E-state index in [-0.39, 0.29) is 42.3 Å². The Kier molecular flexibility index (Phi) is 5.64. The van der Waals surface area contributed by atoms with Gasteiger partial charge in [0.2, 0.25) is 10.0 Å². The van der Waals surface area contributed by atoms with E-state index in [9.17, 15) is 16.8 Å². The van der Waals surface area contributed by atoms with Gasteiger partial charge in [-0.25, -0.2) is 16.8 Å². The van der Waals surface area contributed by atoms with E-state index in [0.29, 0.717) is 5.76 Å².